The first-order valence-electron chi connectivity index (χ1n) is 9.81. The van der Waals surface area contributed by atoms with Crippen LogP contribution in [-0.4, -0.2) is 49.1 Å². The van der Waals surface area contributed by atoms with Gasteiger partial charge in [-0.25, -0.2) is 4.39 Å². The Hall–Kier alpha value is -3.09. The number of nitrogens with zero attached hydrogens (tertiary/aromatic N) is 1. The molecule has 0 spiro atoms. The number of rotatable bonds is 4. The molecule has 1 N–H and O–H groups in total. The van der Waals surface area contributed by atoms with Crippen molar-refractivity contribution >= 4 is 11.8 Å². The second-order valence-corrected chi connectivity index (χ2v) is 7.34. The summed E-state index contributed by atoms with van der Waals surface area (Å²) in [5, 5.41) is 2.93. The van der Waals surface area contributed by atoms with Crippen molar-refractivity contribution in [3.63, 3.8) is 0 Å². The minimum atomic E-state index is -0.381. The molecule has 2 aliphatic rings. The second-order valence-electron chi connectivity index (χ2n) is 7.34. The number of carbonyl (C=O) groups excluding carboxylic acids is 2. The van der Waals surface area contributed by atoms with Gasteiger partial charge in [0.15, 0.2) is 11.5 Å². The van der Waals surface area contributed by atoms with E-state index in [4.69, 9.17) is 9.47 Å². The van der Waals surface area contributed by atoms with Gasteiger partial charge in [0.1, 0.15) is 18.5 Å². The van der Waals surface area contributed by atoms with E-state index in [-0.39, 0.29) is 29.7 Å². The number of hydrogen-bond acceptors (Lipinski definition) is 4. The van der Waals surface area contributed by atoms with Crippen LogP contribution in [0.3, 0.4) is 0 Å². The molecule has 2 amide bonds. The fourth-order valence-electron chi connectivity index (χ4n) is 3.67. The molecule has 4 rings (SSSR count). The van der Waals surface area contributed by atoms with Gasteiger partial charge in [0.05, 0.1) is 12.5 Å². The zero-order valence-corrected chi connectivity index (χ0v) is 16.0. The van der Waals surface area contributed by atoms with E-state index in [0.717, 1.165) is 12.8 Å². The van der Waals surface area contributed by atoms with E-state index >= 15 is 0 Å². The number of piperidine rings is 1. The largest absolute Gasteiger partial charge is 0.486 e. The molecular weight excluding hydrogens is 375 g/mol. The maximum Gasteiger partial charge on any atom is 0.253 e. The zero-order chi connectivity index (χ0) is 20.2. The molecule has 29 heavy (non-hydrogen) atoms. The van der Waals surface area contributed by atoms with Crippen LogP contribution in [0.4, 0.5) is 4.39 Å². The summed E-state index contributed by atoms with van der Waals surface area (Å²) in [5.74, 6) is 0.454. The first kappa shape index (κ1) is 19.2. The average Bonchev–Trinajstić information content (AvgIpc) is 2.77. The van der Waals surface area contributed by atoms with Crippen LogP contribution in [0.25, 0.3) is 0 Å². The highest BCUT2D eigenvalue weighted by molar-refractivity contribution is 5.94. The molecular formula is C22H23FN2O4. The van der Waals surface area contributed by atoms with E-state index in [1.165, 1.54) is 24.3 Å². The second kappa shape index (κ2) is 8.51. The highest BCUT2D eigenvalue weighted by Gasteiger charge is 2.30. The lowest BCUT2D eigenvalue weighted by Crippen LogP contribution is -2.48. The SMILES string of the molecule is O=C(NC[C@@H]1COc2ccccc2O1)[C@H]1CCCN(C(=O)c2ccc(F)cc2)C1. The first-order chi connectivity index (χ1) is 14.1. The lowest BCUT2D eigenvalue weighted by Gasteiger charge is -2.33. The Kier molecular flexibility index (Phi) is 5.64. The third-order valence-corrected chi connectivity index (χ3v) is 5.24. The van der Waals surface area contributed by atoms with E-state index in [9.17, 15) is 14.0 Å². The van der Waals surface area contributed by atoms with Gasteiger partial charge in [0.2, 0.25) is 5.91 Å². The molecule has 6 nitrogen and oxygen atoms in total. The topological polar surface area (TPSA) is 67.9 Å². The Bertz CT molecular complexity index is 887. The van der Waals surface area contributed by atoms with E-state index in [1.807, 2.05) is 24.3 Å². The highest BCUT2D eigenvalue weighted by Crippen LogP contribution is 2.30. The average molecular weight is 398 g/mol. The molecule has 0 aromatic heterocycles. The van der Waals surface area contributed by atoms with E-state index in [0.29, 0.717) is 43.3 Å². The molecule has 2 atom stereocenters. The van der Waals surface area contributed by atoms with Crippen molar-refractivity contribution in [2.24, 2.45) is 5.92 Å². The molecule has 0 unspecified atom stereocenters. The summed E-state index contributed by atoms with van der Waals surface area (Å²) < 4.78 is 24.6. The van der Waals surface area contributed by atoms with Gasteiger partial charge < -0.3 is 19.7 Å². The van der Waals surface area contributed by atoms with Crippen molar-refractivity contribution < 1.29 is 23.5 Å². The molecule has 2 aromatic carbocycles. The van der Waals surface area contributed by atoms with E-state index in [1.54, 1.807) is 4.90 Å². The van der Waals surface area contributed by atoms with E-state index in [2.05, 4.69) is 5.32 Å². The minimum absolute atomic E-state index is 0.0935. The first-order valence-corrected chi connectivity index (χ1v) is 9.81. The lowest BCUT2D eigenvalue weighted by atomic mass is 9.96. The van der Waals surface area contributed by atoms with Crippen LogP contribution in [0, 0.1) is 11.7 Å². The predicted molar refractivity (Wildman–Crippen MR) is 104 cm³/mol. The molecule has 7 heteroatoms. The number of fused-ring (bicyclic) bond motifs is 1. The van der Waals surface area contributed by atoms with E-state index < -0.39 is 0 Å². The van der Waals surface area contributed by atoms with Crippen LogP contribution >= 0.6 is 0 Å². The summed E-state index contributed by atoms with van der Waals surface area (Å²) >= 11 is 0. The third kappa shape index (κ3) is 4.50. The number of nitrogens with one attached hydrogen (secondary N) is 1. The van der Waals surface area contributed by atoms with Crippen molar-refractivity contribution in [2.75, 3.05) is 26.2 Å². The van der Waals surface area contributed by atoms with Crippen LogP contribution in [0.2, 0.25) is 0 Å². The number of halogens is 1. The van der Waals surface area contributed by atoms with Crippen LogP contribution < -0.4 is 14.8 Å². The van der Waals surface area contributed by atoms with Gasteiger partial charge in [-0.1, -0.05) is 12.1 Å². The van der Waals surface area contributed by atoms with Crippen LogP contribution in [0.1, 0.15) is 23.2 Å². The standard InChI is InChI=1S/C22H23FN2O4/c23-17-9-7-15(8-10-17)22(27)25-11-3-4-16(13-25)21(26)24-12-18-14-28-19-5-1-2-6-20(19)29-18/h1-2,5-10,16,18H,3-4,11-14H2,(H,24,26)/t16-,18+/m0/s1. The van der Waals surface area contributed by atoms with Crippen LogP contribution in [0.5, 0.6) is 11.5 Å². The van der Waals surface area contributed by atoms with Crippen molar-refractivity contribution in [2.45, 2.75) is 18.9 Å². The van der Waals surface area contributed by atoms with Gasteiger partial charge in [-0.2, -0.15) is 0 Å². The molecule has 0 saturated carbocycles. The molecule has 2 heterocycles. The summed E-state index contributed by atoms with van der Waals surface area (Å²) in [6, 6.07) is 12.9. The monoisotopic (exact) mass is 398 g/mol. The third-order valence-electron chi connectivity index (χ3n) is 5.24. The summed E-state index contributed by atoms with van der Waals surface area (Å²) in [4.78, 5) is 26.9. The Balaban J connectivity index is 1.30. The van der Waals surface area contributed by atoms with Gasteiger partial charge in [-0.05, 0) is 49.2 Å². The number of para-hydroxylation sites is 2. The molecule has 0 bridgehead atoms. The van der Waals surface area contributed by atoms with Gasteiger partial charge in [0.25, 0.3) is 5.91 Å². The normalized spacial score (nSPS) is 20.8. The number of benzene rings is 2. The fraction of sp³-hybridized carbons (Fsp3) is 0.364. The highest BCUT2D eigenvalue weighted by atomic mass is 19.1. The zero-order valence-electron chi connectivity index (χ0n) is 16.0. The van der Waals surface area contributed by atoms with Gasteiger partial charge in [0, 0.05) is 18.7 Å². The maximum atomic E-state index is 13.1. The molecule has 2 aromatic rings. The summed E-state index contributed by atoms with van der Waals surface area (Å²) in [7, 11) is 0. The maximum absolute atomic E-state index is 13.1. The molecule has 0 radical (unpaired) electrons. The number of hydrogen-bond donors (Lipinski definition) is 1. The summed E-state index contributed by atoms with van der Waals surface area (Å²) in [6.45, 7) is 1.66. The minimum Gasteiger partial charge on any atom is -0.486 e. The molecule has 1 saturated heterocycles. The van der Waals surface area contributed by atoms with Crippen LogP contribution in [-0.2, 0) is 4.79 Å². The predicted octanol–water partition coefficient (Wildman–Crippen LogP) is 2.63. The summed E-state index contributed by atoms with van der Waals surface area (Å²) in [6.07, 6.45) is 1.22. The smallest absolute Gasteiger partial charge is 0.253 e. The Morgan fingerprint density at radius 3 is 2.66 bits per heavy atom. The number of carbonyl (C=O) groups is 2. The number of amides is 2. The van der Waals surface area contributed by atoms with Crippen molar-refractivity contribution in [1.29, 1.82) is 0 Å². The Morgan fingerprint density at radius 2 is 1.86 bits per heavy atom. The fourth-order valence-corrected chi connectivity index (χ4v) is 3.67. The molecule has 0 aliphatic carbocycles. The Labute approximate surface area is 168 Å². The summed E-state index contributed by atoms with van der Waals surface area (Å²) in [5.41, 5.74) is 0.430. The van der Waals surface area contributed by atoms with Gasteiger partial charge in [-0.3, -0.25) is 9.59 Å². The van der Waals surface area contributed by atoms with Crippen molar-refractivity contribution in [1.82, 2.24) is 10.2 Å². The van der Waals surface area contributed by atoms with Crippen LogP contribution in [0.15, 0.2) is 48.5 Å². The number of likely N-dealkylation sites (tertiary alicyclic amines) is 1. The van der Waals surface area contributed by atoms with Gasteiger partial charge in [-0.15, -0.1) is 0 Å². The molecule has 152 valence electrons. The quantitative estimate of drug-likeness (QED) is 0.860. The molecule has 2 aliphatic heterocycles. The number of ether oxygens (including phenoxy) is 2. The van der Waals surface area contributed by atoms with Crippen molar-refractivity contribution in [3.05, 3.63) is 59.9 Å². The molecule has 1 fully saturated rings. The van der Waals surface area contributed by atoms with Gasteiger partial charge >= 0.3 is 0 Å². The lowest BCUT2D eigenvalue weighted by molar-refractivity contribution is -0.126. The van der Waals surface area contributed by atoms with Crippen molar-refractivity contribution in [3.8, 4) is 11.5 Å². The Morgan fingerprint density at radius 1 is 1.10 bits per heavy atom.